The Bertz CT molecular complexity index is 961. The van der Waals surface area contributed by atoms with Crippen LogP contribution in [0, 0.1) is 6.92 Å². The standard InChI is InChI=1S/C19H17F2N3O3S/c1-11-3-8-16(26-2)14(9-11)23-17(25)15-10-28-19(24-15)22-12-4-6-13(7-5-12)27-18(20)21/h3-10,18H,1-2H3,(H,22,24)(H,23,25). The number of nitrogens with one attached hydrogen (secondary N) is 2. The quantitative estimate of drug-likeness (QED) is 0.575. The summed E-state index contributed by atoms with van der Waals surface area (Å²) in [5.41, 5.74) is 2.41. The second kappa shape index (κ2) is 8.66. The third-order valence-corrected chi connectivity index (χ3v) is 4.43. The number of benzene rings is 2. The summed E-state index contributed by atoms with van der Waals surface area (Å²) in [5.74, 6) is 0.249. The van der Waals surface area contributed by atoms with Gasteiger partial charge in [-0.2, -0.15) is 8.78 Å². The van der Waals surface area contributed by atoms with Crippen molar-refractivity contribution in [3.63, 3.8) is 0 Å². The Morgan fingerprint density at radius 2 is 1.93 bits per heavy atom. The summed E-state index contributed by atoms with van der Waals surface area (Å²) >= 11 is 1.25. The predicted molar refractivity (Wildman–Crippen MR) is 104 cm³/mol. The minimum atomic E-state index is -2.87. The summed E-state index contributed by atoms with van der Waals surface area (Å²) in [7, 11) is 1.53. The molecule has 0 spiro atoms. The second-order valence-corrected chi connectivity index (χ2v) is 6.58. The fourth-order valence-electron chi connectivity index (χ4n) is 2.38. The fourth-order valence-corrected chi connectivity index (χ4v) is 3.10. The maximum absolute atomic E-state index is 12.5. The molecule has 2 aromatic carbocycles. The van der Waals surface area contributed by atoms with Gasteiger partial charge in [0.2, 0.25) is 0 Å². The first-order chi connectivity index (χ1) is 13.4. The Balaban J connectivity index is 1.66. The van der Waals surface area contributed by atoms with Crippen molar-refractivity contribution in [2.24, 2.45) is 0 Å². The first kappa shape index (κ1) is 19.6. The Hall–Kier alpha value is -3.20. The SMILES string of the molecule is COc1ccc(C)cc1NC(=O)c1csc(Nc2ccc(OC(F)F)cc2)n1. The van der Waals surface area contributed by atoms with Crippen LogP contribution in [-0.4, -0.2) is 24.6 Å². The highest BCUT2D eigenvalue weighted by atomic mass is 32.1. The van der Waals surface area contributed by atoms with Crippen molar-refractivity contribution < 1.29 is 23.0 Å². The number of anilines is 3. The Kier molecular flexibility index (Phi) is 6.05. The van der Waals surface area contributed by atoms with Crippen molar-refractivity contribution in [2.75, 3.05) is 17.7 Å². The van der Waals surface area contributed by atoms with Gasteiger partial charge in [-0.15, -0.1) is 11.3 Å². The summed E-state index contributed by atoms with van der Waals surface area (Å²) in [6, 6.07) is 11.5. The number of aromatic nitrogens is 1. The number of rotatable bonds is 7. The minimum Gasteiger partial charge on any atom is -0.495 e. The van der Waals surface area contributed by atoms with Crippen molar-refractivity contribution in [2.45, 2.75) is 13.5 Å². The average molecular weight is 405 g/mol. The summed E-state index contributed by atoms with van der Waals surface area (Å²) in [6.45, 7) is -0.955. The van der Waals surface area contributed by atoms with Gasteiger partial charge >= 0.3 is 6.61 Å². The van der Waals surface area contributed by atoms with Crippen LogP contribution >= 0.6 is 11.3 Å². The van der Waals surface area contributed by atoms with Gasteiger partial charge in [-0.05, 0) is 48.9 Å². The molecule has 0 radical (unpaired) electrons. The zero-order valence-electron chi connectivity index (χ0n) is 15.0. The van der Waals surface area contributed by atoms with Crippen molar-refractivity contribution in [3.8, 4) is 11.5 Å². The molecule has 0 fully saturated rings. The van der Waals surface area contributed by atoms with Crippen LogP contribution in [-0.2, 0) is 0 Å². The van der Waals surface area contributed by atoms with Crippen LogP contribution in [0.15, 0.2) is 47.8 Å². The molecule has 146 valence electrons. The van der Waals surface area contributed by atoms with E-state index in [9.17, 15) is 13.6 Å². The van der Waals surface area contributed by atoms with Gasteiger partial charge in [0.05, 0.1) is 12.8 Å². The number of hydrogen-bond donors (Lipinski definition) is 2. The van der Waals surface area contributed by atoms with Gasteiger partial charge in [-0.25, -0.2) is 4.98 Å². The zero-order chi connectivity index (χ0) is 20.1. The Labute approximate surface area is 164 Å². The fraction of sp³-hybridized carbons (Fsp3) is 0.158. The van der Waals surface area contributed by atoms with Crippen LogP contribution in [0.1, 0.15) is 16.1 Å². The highest BCUT2D eigenvalue weighted by Gasteiger charge is 2.14. The van der Waals surface area contributed by atoms with Crippen LogP contribution in [0.4, 0.5) is 25.3 Å². The van der Waals surface area contributed by atoms with Gasteiger partial charge in [0.1, 0.15) is 17.2 Å². The zero-order valence-corrected chi connectivity index (χ0v) is 15.8. The number of amides is 1. The van der Waals surface area contributed by atoms with E-state index in [1.807, 2.05) is 19.1 Å². The van der Waals surface area contributed by atoms with E-state index in [2.05, 4.69) is 20.4 Å². The molecule has 1 amide bonds. The molecule has 0 bridgehead atoms. The average Bonchev–Trinajstić information content (AvgIpc) is 3.12. The number of thiazole rings is 1. The summed E-state index contributed by atoms with van der Waals surface area (Å²) < 4.78 is 33.9. The third-order valence-electron chi connectivity index (χ3n) is 3.67. The molecular weight excluding hydrogens is 388 g/mol. The van der Waals surface area contributed by atoms with E-state index >= 15 is 0 Å². The number of alkyl halides is 2. The number of ether oxygens (including phenoxy) is 2. The normalized spacial score (nSPS) is 10.6. The predicted octanol–water partition coefficient (Wildman–Crippen LogP) is 5.06. The molecule has 3 aromatic rings. The molecule has 0 atom stereocenters. The number of nitrogens with zero attached hydrogens (tertiary/aromatic N) is 1. The van der Waals surface area contributed by atoms with Crippen LogP contribution in [0.5, 0.6) is 11.5 Å². The summed E-state index contributed by atoms with van der Waals surface area (Å²) in [4.78, 5) is 16.7. The van der Waals surface area contributed by atoms with Crippen molar-refractivity contribution in [3.05, 3.63) is 59.1 Å². The lowest BCUT2D eigenvalue weighted by atomic mass is 10.2. The van der Waals surface area contributed by atoms with Crippen LogP contribution in [0.2, 0.25) is 0 Å². The van der Waals surface area contributed by atoms with Gasteiger partial charge in [-0.3, -0.25) is 4.79 Å². The first-order valence-corrected chi connectivity index (χ1v) is 9.06. The van der Waals surface area contributed by atoms with Crippen LogP contribution < -0.4 is 20.1 Å². The van der Waals surface area contributed by atoms with E-state index in [0.717, 1.165) is 5.56 Å². The third kappa shape index (κ3) is 4.95. The van der Waals surface area contributed by atoms with Gasteiger partial charge in [0.25, 0.3) is 5.91 Å². The van der Waals surface area contributed by atoms with Crippen molar-refractivity contribution in [1.29, 1.82) is 0 Å². The van der Waals surface area contributed by atoms with Crippen molar-refractivity contribution >= 4 is 33.8 Å². The van der Waals surface area contributed by atoms with E-state index in [0.29, 0.717) is 22.3 Å². The number of halogens is 2. The molecule has 1 heterocycles. The maximum Gasteiger partial charge on any atom is 0.387 e. The number of carbonyl (C=O) groups excluding carboxylic acids is 1. The van der Waals surface area contributed by atoms with Gasteiger partial charge in [0.15, 0.2) is 5.13 Å². The molecule has 28 heavy (non-hydrogen) atoms. The van der Waals surface area contributed by atoms with Gasteiger partial charge < -0.3 is 20.1 Å². The number of hydrogen-bond acceptors (Lipinski definition) is 6. The summed E-state index contributed by atoms with van der Waals surface area (Å²) in [6.07, 6.45) is 0. The second-order valence-electron chi connectivity index (χ2n) is 5.72. The molecule has 9 heteroatoms. The van der Waals surface area contributed by atoms with Gasteiger partial charge in [0, 0.05) is 11.1 Å². The molecule has 1 aromatic heterocycles. The molecule has 6 nitrogen and oxygen atoms in total. The van der Waals surface area contributed by atoms with E-state index < -0.39 is 6.61 Å². The topological polar surface area (TPSA) is 72.5 Å². The number of aryl methyl sites for hydroxylation is 1. The Morgan fingerprint density at radius 1 is 1.18 bits per heavy atom. The molecule has 0 aliphatic carbocycles. The summed E-state index contributed by atoms with van der Waals surface area (Å²) in [5, 5.41) is 7.91. The van der Waals surface area contributed by atoms with E-state index in [-0.39, 0.29) is 17.4 Å². The number of methoxy groups -OCH3 is 1. The van der Waals surface area contributed by atoms with Crippen LogP contribution in [0.3, 0.4) is 0 Å². The maximum atomic E-state index is 12.5. The minimum absolute atomic E-state index is 0.0619. The molecule has 0 aliphatic rings. The molecule has 3 rings (SSSR count). The van der Waals surface area contributed by atoms with E-state index in [4.69, 9.17) is 4.74 Å². The first-order valence-electron chi connectivity index (χ1n) is 8.18. The molecule has 0 saturated heterocycles. The number of carbonyl (C=O) groups is 1. The lowest BCUT2D eigenvalue weighted by Crippen LogP contribution is -2.13. The van der Waals surface area contributed by atoms with Crippen LogP contribution in [0.25, 0.3) is 0 Å². The van der Waals surface area contributed by atoms with Gasteiger partial charge in [-0.1, -0.05) is 6.07 Å². The lowest BCUT2D eigenvalue weighted by molar-refractivity contribution is -0.0498. The molecule has 2 N–H and O–H groups in total. The van der Waals surface area contributed by atoms with E-state index in [1.54, 1.807) is 23.6 Å². The lowest BCUT2D eigenvalue weighted by Gasteiger charge is -2.10. The van der Waals surface area contributed by atoms with E-state index in [1.165, 1.54) is 30.6 Å². The highest BCUT2D eigenvalue weighted by Crippen LogP contribution is 2.27. The highest BCUT2D eigenvalue weighted by molar-refractivity contribution is 7.14. The Morgan fingerprint density at radius 3 is 2.61 bits per heavy atom. The molecular formula is C19H17F2N3O3S. The largest absolute Gasteiger partial charge is 0.495 e. The smallest absolute Gasteiger partial charge is 0.387 e. The molecule has 0 saturated carbocycles. The molecule has 0 unspecified atom stereocenters. The molecule has 0 aliphatic heterocycles. The van der Waals surface area contributed by atoms with Crippen molar-refractivity contribution in [1.82, 2.24) is 4.98 Å². The monoisotopic (exact) mass is 405 g/mol.